The number of nitrogens with one attached hydrogen (secondary N) is 1. The molecule has 2 aromatic heterocycles. The van der Waals surface area contributed by atoms with Gasteiger partial charge in [0.1, 0.15) is 35.0 Å². The summed E-state index contributed by atoms with van der Waals surface area (Å²) >= 11 is 0. The van der Waals surface area contributed by atoms with E-state index in [-0.39, 0.29) is 34.9 Å². The number of carbonyl (C=O) groups is 2. The summed E-state index contributed by atoms with van der Waals surface area (Å²) in [5.74, 6) is -2.45. The van der Waals surface area contributed by atoms with E-state index in [1.807, 2.05) is 5.32 Å². The molecule has 0 aliphatic carbocycles. The van der Waals surface area contributed by atoms with Crippen molar-refractivity contribution in [1.82, 2.24) is 15.3 Å². The zero-order valence-corrected chi connectivity index (χ0v) is 18.8. The molecule has 1 aromatic carbocycles. The minimum Gasteiger partial charge on any atom is -0.489 e. The zero-order valence-electron chi connectivity index (χ0n) is 18.8. The number of aromatic nitrogens is 2. The van der Waals surface area contributed by atoms with Crippen LogP contribution in [0.15, 0.2) is 54.7 Å². The number of primary amides is 1. The van der Waals surface area contributed by atoms with E-state index in [2.05, 4.69) is 9.97 Å². The van der Waals surface area contributed by atoms with Crippen LogP contribution in [-0.2, 0) is 15.8 Å². The lowest BCUT2D eigenvalue weighted by Crippen LogP contribution is -2.52. The molecule has 1 unspecified atom stereocenters. The number of alkyl halides is 3. The van der Waals surface area contributed by atoms with Gasteiger partial charge in [0.05, 0.1) is 12.2 Å². The summed E-state index contributed by atoms with van der Waals surface area (Å²) < 4.78 is 62.0. The molecule has 188 valence electrons. The Kier molecular flexibility index (Phi) is 6.17. The van der Waals surface area contributed by atoms with Gasteiger partial charge in [-0.2, -0.15) is 13.2 Å². The summed E-state index contributed by atoms with van der Waals surface area (Å²) in [6.45, 7) is -0.207. The normalized spacial score (nSPS) is 18.6. The lowest BCUT2D eigenvalue weighted by atomic mass is 9.81. The first-order valence-electron chi connectivity index (χ1n) is 10.6. The van der Waals surface area contributed by atoms with Gasteiger partial charge in [-0.1, -0.05) is 6.07 Å². The number of hydrogen-bond acceptors (Lipinski definition) is 6. The van der Waals surface area contributed by atoms with E-state index in [9.17, 15) is 32.3 Å². The fraction of sp³-hybridized carbons (Fsp3) is 0.250. The summed E-state index contributed by atoms with van der Waals surface area (Å²) in [4.78, 5) is 32.4. The summed E-state index contributed by atoms with van der Waals surface area (Å²) in [7, 11) is 0. The van der Waals surface area contributed by atoms with Gasteiger partial charge >= 0.3 is 6.18 Å². The first-order valence-corrected chi connectivity index (χ1v) is 10.6. The Morgan fingerprint density at radius 2 is 1.89 bits per heavy atom. The van der Waals surface area contributed by atoms with Crippen molar-refractivity contribution in [3.8, 4) is 17.0 Å². The van der Waals surface area contributed by atoms with Gasteiger partial charge < -0.3 is 20.9 Å². The predicted octanol–water partition coefficient (Wildman–Crippen LogP) is 2.60. The third kappa shape index (κ3) is 4.24. The van der Waals surface area contributed by atoms with Crippen molar-refractivity contribution in [2.24, 2.45) is 5.73 Å². The van der Waals surface area contributed by atoms with Gasteiger partial charge in [0.25, 0.3) is 5.91 Å². The Bertz CT molecular complexity index is 1320. The molecule has 0 saturated carbocycles. The van der Waals surface area contributed by atoms with Crippen LogP contribution in [0, 0.1) is 5.82 Å². The maximum Gasteiger partial charge on any atom is 0.424 e. The number of rotatable bonds is 6. The van der Waals surface area contributed by atoms with E-state index in [0.717, 1.165) is 18.2 Å². The van der Waals surface area contributed by atoms with Crippen molar-refractivity contribution in [2.75, 3.05) is 13.2 Å². The molecule has 1 aliphatic heterocycles. The lowest BCUT2D eigenvalue weighted by Gasteiger charge is -2.31. The number of hydrogen-bond donors (Lipinski definition) is 3. The van der Waals surface area contributed by atoms with Gasteiger partial charge in [0.15, 0.2) is 0 Å². The van der Waals surface area contributed by atoms with E-state index in [1.54, 1.807) is 0 Å². The minimum absolute atomic E-state index is 0.0197. The Morgan fingerprint density at radius 3 is 2.47 bits per heavy atom. The van der Waals surface area contributed by atoms with Crippen molar-refractivity contribution in [3.63, 3.8) is 0 Å². The van der Waals surface area contributed by atoms with E-state index < -0.39 is 47.1 Å². The number of nitrogens with two attached hydrogens (primary N) is 1. The molecule has 36 heavy (non-hydrogen) atoms. The van der Waals surface area contributed by atoms with E-state index in [4.69, 9.17) is 10.5 Å². The van der Waals surface area contributed by atoms with Gasteiger partial charge in [0, 0.05) is 17.3 Å². The zero-order chi connectivity index (χ0) is 26.3. The lowest BCUT2D eigenvalue weighted by molar-refractivity contribution is -0.265. The van der Waals surface area contributed by atoms with Crippen molar-refractivity contribution in [1.29, 1.82) is 0 Å². The van der Waals surface area contributed by atoms with Crippen molar-refractivity contribution in [2.45, 2.75) is 24.1 Å². The first-order chi connectivity index (χ1) is 16.9. The number of nitrogens with zero attached hydrogens (tertiary/aromatic N) is 2. The molecule has 4 rings (SSSR count). The van der Waals surface area contributed by atoms with Crippen LogP contribution in [-0.4, -0.2) is 46.2 Å². The molecule has 3 aromatic rings. The fourth-order valence-corrected chi connectivity index (χ4v) is 3.73. The second-order valence-corrected chi connectivity index (χ2v) is 8.48. The van der Waals surface area contributed by atoms with Gasteiger partial charge in [-0.15, -0.1) is 0 Å². The predicted molar refractivity (Wildman–Crippen MR) is 118 cm³/mol. The second-order valence-electron chi connectivity index (χ2n) is 8.48. The maximum absolute atomic E-state index is 14.3. The molecule has 1 aliphatic rings. The van der Waals surface area contributed by atoms with Crippen LogP contribution in [0.25, 0.3) is 11.3 Å². The number of halogens is 4. The number of pyridine rings is 2. The number of benzene rings is 1. The Labute approximate surface area is 202 Å². The number of fused-ring (bicyclic) bond motifs is 1. The minimum atomic E-state index is -5.31. The van der Waals surface area contributed by atoms with Gasteiger partial charge in [0.2, 0.25) is 11.5 Å². The summed E-state index contributed by atoms with van der Waals surface area (Å²) in [6, 6.07) is 9.84. The van der Waals surface area contributed by atoms with Crippen LogP contribution < -0.4 is 15.8 Å². The molecule has 0 bridgehead atoms. The Morgan fingerprint density at radius 1 is 1.19 bits per heavy atom. The third-order valence-corrected chi connectivity index (χ3v) is 6.03. The molecule has 0 spiro atoms. The molecule has 2 amide bonds. The molecule has 3 heterocycles. The molecule has 0 fully saturated rings. The van der Waals surface area contributed by atoms with E-state index in [0.29, 0.717) is 0 Å². The van der Waals surface area contributed by atoms with Gasteiger partial charge in [-0.05, 0) is 49.4 Å². The third-order valence-electron chi connectivity index (χ3n) is 6.03. The first kappa shape index (κ1) is 25.0. The number of aliphatic hydroxyl groups is 1. The van der Waals surface area contributed by atoms with Gasteiger partial charge in [-0.25, -0.2) is 9.37 Å². The standard InChI is InChI=1S/C24H20F4N4O4/c1-22(21(29)34)12-36-19-15(22)10-17(32-18(19)13-5-7-14(25)8-6-13)23(35,24(26,27)28)11-31-20(33)16-4-2-3-9-30-16/h2-10,35H,11-12H2,1H3,(H2,29,34)(H,31,33)/t22-,23?/m0/s1. The monoisotopic (exact) mass is 504 g/mol. The fourth-order valence-electron chi connectivity index (χ4n) is 3.73. The highest BCUT2D eigenvalue weighted by Crippen LogP contribution is 2.47. The molecule has 0 radical (unpaired) electrons. The summed E-state index contributed by atoms with van der Waals surface area (Å²) in [5, 5.41) is 13.0. The number of ether oxygens (including phenoxy) is 1. The maximum atomic E-state index is 14.3. The highest BCUT2D eigenvalue weighted by atomic mass is 19.4. The average Bonchev–Trinajstić information content (AvgIpc) is 3.20. The Balaban J connectivity index is 1.86. The summed E-state index contributed by atoms with van der Waals surface area (Å²) in [5.41, 5.74) is -0.779. The number of carbonyl (C=O) groups excluding carboxylic acids is 2. The summed E-state index contributed by atoms with van der Waals surface area (Å²) in [6.07, 6.45) is -4.03. The van der Waals surface area contributed by atoms with Crippen LogP contribution in [0.3, 0.4) is 0 Å². The molecule has 2 atom stereocenters. The molecular weight excluding hydrogens is 484 g/mol. The van der Waals surface area contributed by atoms with Gasteiger partial charge in [-0.3, -0.25) is 14.6 Å². The Hall–Kier alpha value is -4.06. The highest BCUT2D eigenvalue weighted by Gasteiger charge is 2.57. The van der Waals surface area contributed by atoms with Crippen LogP contribution in [0.2, 0.25) is 0 Å². The largest absolute Gasteiger partial charge is 0.489 e. The smallest absolute Gasteiger partial charge is 0.424 e. The van der Waals surface area contributed by atoms with Crippen LogP contribution in [0.1, 0.15) is 28.7 Å². The van der Waals surface area contributed by atoms with E-state index >= 15 is 0 Å². The van der Waals surface area contributed by atoms with E-state index in [1.165, 1.54) is 43.5 Å². The van der Waals surface area contributed by atoms with Crippen LogP contribution >= 0.6 is 0 Å². The van der Waals surface area contributed by atoms with Crippen molar-refractivity contribution >= 4 is 11.8 Å². The molecule has 0 saturated heterocycles. The molecule has 8 nitrogen and oxygen atoms in total. The molecule has 4 N–H and O–H groups in total. The van der Waals surface area contributed by atoms with Crippen molar-refractivity contribution in [3.05, 3.63) is 77.5 Å². The quantitative estimate of drug-likeness (QED) is 0.443. The van der Waals surface area contributed by atoms with Crippen LogP contribution in [0.4, 0.5) is 17.6 Å². The molecule has 12 heteroatoms. The topological polar surface area (TPSA) is 127 Å². The van der Waals surface area contributed by atoms with Crippen molar-refractivity contribution < 1.29 is 37.0 Å². The second kappa shape index (κ2) is 8.86. The molecular formula is C24H20F4N4O4. The average molecular weight is 504 g/mol. The SMILES string of the molecule is C[C@]1(C(N)=O)COc2c1cc(C(O)(CNC(=O)c1ccccn1)C(F)(F)F)nc2-c1ccc(F)cc1. The number of amides is 2. The van der Waals surface area contributed by atoms with Crippen LogP contribution in [0.5, 0.6) is 5.75 Å². The highest BCUT2D eigenvalue weighted by molar-refractivity contribution is 5.92.